The summed E-state index contributed by atoms with van der Waals surface area (Å²) in [6, 6.07) is 0. The van der Waals surface area contributed by atoms with E-state index >= 15 is 0 Å². The van der Waals surface area contributed by atoms with Crippen LogP contribution in [0.4, 0.5) is 0 Å². The predicted octanol–water partition coefficient (Wildman–Crippen LogP) is 0.553. The molecular formula is C11H27NO6S. The van der Waals surface area contributed by atoms with Crippen LogP contribution >= 0.6 is 0 Å². The summed E-state index contributed by atoms with van der Waals surface area (Å²) in [5.41, 5.74) is 0. The molecule has 7 nitrogen and oxygen atoms in total. The van der Waals surface area contributed by atoms with Gasteiger partial charge in [0, 0.05) is 19.7 Å². The van der Waals surface area contributed by atoms with Gasteiger partial charge in [-0.3, -0.25) is 8.74 Å². The van der Waals surface area contributed by atoms with E-state index in [0.717, 1.165) is 33.4 Å². The molecule has 0 bridgehead atoms. The highest BCUT2D eigenvalue weighted by Crippen LogP contribution is 1.94. The first-order valence-electron chi connectivity index (χ1n) is 6.27. The van der Waals surface area contributed by atoms with Crippen LogP contribution in [0, 0.1) is 0 Å². The number of aliphatic hydroxyl groups excluding tert-OH is 1. The quantitative estimate of drug-likeness (QED) is 0.449. The molecule has 0 atom stereocenters. The van der Waals surface area contributed by atoms with Gasteiger partial charge in [0.1, 0.15) is 0 Å². The van der Waals surface area contributed by atoms with E-state index in [1.165, 1.54) is 19.3 Å². The van der Waals surface area contributed by atoms with Crippen molar-refractivity contribution in [2.75, 3.05) is 47.1 Å². The Labute approximate surface area is 116 Å². The number of hydrogen-bond acceptors (Lipinski definition) is 6. The number of hydrogen-bond donors (Lipinski definition) is 2. The molecule has 19 heavy (non-hydrogen) atoms. The third kappa shape index (κ3) is 23.3. The zero-order valence-corrected chi connectivity index (χ0v) is 12.9. The molecule has 0 aromatic carbocycles. The molecule has 0 saturated heterocycles. The number of aliphatic hydroxyl groups is 1. The Balaban J connectivity index is 0. The van der Waals surface area contributed by atoms with Gasteiger partial charge >= 0.3 is 10.4 Å². The van der Waals surface area contributed by atoms with E-state index in [1.54, 1.807) is 0 Å². The third-order valence-electron chi connectivity index (χ3n) is 2.20. The van der Waals surface area contributed by atoms with E-state index in [-0.39, 0.29) is 6.61 Å². The Kier molecular flexibility index (Phi) is 15.7. The van der Waals surface area contributed by atoms with Crippen molar-refractivity contribution in [3.05, 3.63) is 0 Å². The molecule has 0 heterocycles. The summed E-state index contributed by atoms with van der Waals surface area (Å²) in [5, 5.41) is 8.63. The molecule has 8 heteroatoms. The molecule has 0 fully saturated rings. The zero-order valence-electron chi connectivity index (χ0n) is 12.0. The SMILES string of the molecule is CCCCCOCCN(C)CCO.COS(=O)(=O)O. The first-order valence-corrected chi connectivity index (χ1v) is 7.64. The molecule has 0 rings (SSSR count). The molecule has 2 N–H and O–H groups in total. The predicted molar refractivity (Wildman–Crippen MR) is 73.5 cm³/mol. The van der Waals surface area contributed by atoms with Crippen LogP contribution in [0.3, 0.4) is 0 Å². The normalized spacial score (nSPS) is 11.3. The monoisotopic (exact) mass is 301 g/mol. The maximum absolute atomic E-state index is 9.33. The fourth-order valence-electron chi connectivity index (χ4n) is 1.06. The second kappa shape index (κ2) is 14.2. The molecule has 0 unspecified atom stereocenters. The highest BCUT2D eigenvalue weighted by atomic mass is 32.3. The molecule has 0 radical (unpaired) electrons. The summed E-state index contributed by atoms with van der Waals surface area (Å²) in [5.74, 6) is 0. The van der Waals surface area contributed by atoms with Crippen LogP contribution in [-0.4, -0.2) is 70.0 Å². The summed E-state index contributed by atoms with van der Waals surface area (Å²) >= 11 is 0. The minimum Gasteiger partial charge on any atom is -0.395 e. The van der Waals surface area contributed by atoms with Gasteiger partial charge in [0.2, 0.25) is 0 Å². The van der Waals surface area contributed by atoms with Gasteiger partial charge in [0.25, 0.3) is 0 Å². The highest BCUT2D eigenvalue weighted by Gasteiger charge is 1.96. The lowest BCUT2D eigenvalue weighted by Gasteiger charge is -2.14. The summed E-state index contributed by atoms with van der Waals surface area (Å²) in [4.78, 5) is 2.07. The average Bonchev–Trinajstić information content (AvgIpc) is 2.34. The second-order valence-electron chi connectivity index (χ2n) is 3.94. The molecule has 0 aliphatic heterocycles. The van der Waals surface area contributed by atoms with Gasteiger partial charge in [-0.2, -0.15) is 8.42 Å². The Hall–Kier alpha value is -0.250. The zero-order chi connectivity index (χ0) is 15.1. The lowest BCUT2D eigenvalue weighted by atomic mass is 10.3. The summed E-state index contributed by atoms with van der Waals surface area (Å²) in [7, 11) is -1.30. The van der Waals surface area contributed by atoms with Gasteiger partial charge in [-0.15, -0.1) is 0 Å². The van der Waals surface area contributed by atoms with Gasteiger partial charge < -0.3 is 14.7 Å². The largest absolute Gasteiger partial charge is 0.397 e. The lowest BCUT2D eigenvalue weighted by molar-refractivity contribution is 0.102. The Morgan fingerprint density at radius 3 is 2.16 bits per heavy atom. The number of likely N-dealkylation sites (N-methyl/N-ethyl adjacent to an activating group) is 1. The summed E-state index contributed by atoms with van der Waals surface area (Å²) in [6.45, 7) is 5.72. The van der Waals surface area contributed by atoms with Crippen molar-refractivity contribution in [3.8, 4) is 0 Å². The van der Waals surface area contributed by atoms with E-state index < -0.39 is 10.4 Å². The molecule has 0 saturated carbocycles. The molecule has 118 valence electrons. The van der Waals surface area contributed by atoms with Crippen molar-refractivity contribution in [2.45, 2.75) is 26.2 Å². The van der Waals surface area contributed by atoms with Gasteiger partial charge in [-0.05, 0) is 13.5 Å². The Morgan fingerprint density at radius 2 is 1.74 bits per heavy atom. The van der Waals surface area contributed by atoms with E-state index in [2.05, 4.69) is 16.0 Å². The molecule has 0 aliphatic rings. The maximum atomic E-state index is 9.33. The molecule has 0 amide bonds. The third-order valence-corrected chi connectivity index (χ3v) is 2.62. The van der Waals surface area contributed by atoms with Crippen molar-refractivity contribution >= 4 is 10.4 Å². The van der Waals surface area contributed by atoms with Crippen molar-refractivity contribution in [3.63, 3.8) is 0 Å². The van der Waals surface area contributed by atoms with Crippen molar-refractivity contribution in [2.24, 2.45) is 0 Å². The van der Waals surface area contributed by atoms with Crippen LogP contribution in [0.5, 0.6) is 0 Å². The van der Waals surface area contributed by atoms with Gasteiger partial charge in [-0.1, -0.05) is 19.8 Å². The number of ether oxygens (including phenoxy) is 1. The van der Waals surface area contributed by atoms with Crippen molar-refractivity contribution in [1.29, 1.82) is 0 Å². The van der Waals surface area contributed by atoms with Crippen LogP contribution in [0.2, 0.25) is 0 Å². The molecular weight excluding hydrogens is 274 g/mol. The lowest BCUT2D eigenvalue weighted by Crippen LogP contribution is -2.26. The fourth-order valence-corrected chi connectivity index (χ4v) is 1.06. The van der Waals surface area contributed by atoms with E-state index in [4.69, 9.17) is 14.4 Å². The van der Waals surface area contributed by atoms with Crippen molar-refractivity contribution < 1.29 is 27.0 Å². The average molecular weight is 301 g/mol. The van der Waals surface area contributed by atoms with Gasteiger partial charge in [0.05, 0.1) is 20.3 Å². The first-order chi connectivity index (χ1) is 8.87. The molecule has 0 aromatic heterocycles. The van der Waals surface area contributed by atoms with Crippen molar-refractivity contribution in [1.82, 2.24) is 4.90 Å². The summed E-state index contributed by atoms with van der Waals surface area (Å²) in [6.07, 6.45) is 3.67. The van der Waals surface area contributed by atoms with Crippen LogP contribution in [0.25, 0.3) is 0 Å². The topological polar surface area (TPSA) is 96.3 Å². The number of rotatable bonds is 10. The molecule has 0 spiro atoms. The van der Waals surface area contributed by atoms with E-state index in [9.17, 15) is 8.42 Å². The number of unbranched alkanes of at least 4 members (excludes halogenated alkanes) is 2. The van der Waals surface area contributed by atoms with Crippen LogP contribution in [0.1, 0.15) is 26.2 Å². The van der Waals surface area contributed by atoms with Crippen LogP contribution < -0.4 is 0 Å². The van der Waals surface area contributed by atoms with Crippen LogP contribution in [0.15, 0.2) is 0 Å². The smallest absolute Gasteiger partial charge is 0.395 e. The Bertz CT molecular complexity index is 270. The second-order valence-corrected chi connectivity index (χ2v) is 5.13. The standard InChI is InChI=1S/C10H23NO2.CH4O4S/c1-3-4-5-9-13-10-7-11(2)6-8-12;1-5-6(2,3)4/h12H,3-10H2,1-2H3;1H3,(H,2,3,4). The van der Waals surface area contributed by atoms with E-state index in [1.807, 2.05) is 7.05 Å². The summed E-state index contributed by atoms with van der Waals surface area (Å²) < 4.78 is 35.1. The van der Waals surface area contributed by atoms with Gasteiger partial charge in [-0.25, -0.2) is 0 Å². The van der Waals surface area contributed by atoms with E-state index in [0.29, 0.717) is 0 Å². The molecule has 0 aliphatic carbocycles. The first kappa shape index (κ1) is 21.1. The molecule has 0 aromatic rings. The van der Waals surface area contributed by atoms with Crippen LogP contribution in [-0.2, 0) is 19.3 Å². The Morgan fingerprint density at radius 1 is 1.16 bits per heavy atom. The fraction of sp³-hybridized carbons (Fsp3) is 1.00. The minimum absolute atomic E-state index is 0.229. The number of nitrogens with zero attached hydrogens (tertiary/aromatic N) is 1. The minimum atomic E-state index is -4.16. The maximum Gasteiger partial charge on any atom is 0.397 e. The van der Waals surface area contributed by atoms with Gasteiger partial charge in [0.15, 0.2) is 0 Å². The highest BCUT2D eigenvalue weighted by molar-refractivity contribution is 7.80.